The van der Waals surface area contributed by atoms with Crippen LogP contribution in [0.3, 0.4) is 0 Å². The summed E-state index contributed by atoms with van der Waals surface area (Å²) >= 11 is 0. The van der Waals surface area contributed by atoms with Crippen molar-refractivity contribution in [2.24, 2.45) is 56.7 Å². The van der Waals surface area contributed by atoms with Crippen LogP contribution in [0.2, 0.25) is 0 Å². The zero-order chi connectivity index (χ0) is 40.5. The average Bonchev–Trinajstić information content (AvgIpc) is 3.49. The van der Waals surface area contributed by atoms with E-state index in [0.29, 0.717) is 48.3 Å². The number of hydrogen-bond donors (Lipinski definition) is 2. The summed E-state index contributed by atoms with van der Waals surface area (Å²) in [6, 6.07) is 21.4. The van der Waals surface area contributed by atoms with Crippen LogP contribution in [0.4, 0.5) is 4.79 Å². The first-order valence-corrected chi connectivity index (χ1v) is 22.1. The van der Waals surface area contributed by atoms with Crippen molar-refractivity contribution in [3.05, 3.63) is 96.1 Å². The molecule has 3 aromatic rings. The van der Waals surface area contributed by atoms with Gasteiger partial charge in [-0.2, -0.15) is 0 Å². The molecule has 9 aliphatic rings. The summed E-state index contributed by atoms with van der Waals surface area (Å²) in [5.41, 5.74) is -1.18. The number of ketones is 1. The Bertz CT molecular complexity index is 2220. The Morgan fingerprint density at radius 3 is 2.26 bits per heavy atom. The molecule has 7 heteroatoms. The Balaban J connectivity index is 1.02. The lowest BCUT2D eigenvalue weighted by Gasteiger charge is -2.71. The van der Waals surface area contributed by atoms with Crippen molar-refractivity contribution >= 4 is 22.6 Å². The van der Waals surface area contributed by atoms with E-state index in [-0.39, 0.29) is 35.0 Å². The summed E-state index contributed by atoms with van der Waals surface area (Å²) in [4.78, 5) is 31.5. The third kappa shape index (κ3) is 5.23. The van der Waals surface area contributed by atoms with Crippen molar-refractivity contribution in [2.75, 3.05) is 20.2 Å². The van der Waals surface area contributed by atoms with Crippen LogP contribution in [-0.4, -0.2) is 58.9 Å². The summed E-state index contributed by atoms with van der Waals surface area (Å²) in [6.07, 6.45) is 14.9. The van der Waals surface area contributed by atoms with Gasteiger partial charge in [0, 0.05) is 33.9 Å². The molecule has 0 aromatic heterocycles. The van der Waals surface area contributed by atoms with Crippen molar-refractivity contribution in [3.8, 4) is 11.5 Å². The number of carbonyl (C=O) groups excluding carboxylic acids is 2. The van der Waals surface area contributed by atoms with Gasteiger partial charge in [-0.05, 0) is 152 Å². The first-order chi connectivity index (χ1) is 27.7. The maximum atomic E-state index is 15.0. The SMILES string of the molecule is COc1ccc(C(=O)C2=CC34C=CC25C(CCC2(C)C5CCC2(O)CN(CC2CCC5CC2C5(C)C)C(=O)Oc2ccc5ccccc5c2)C3(C)CCC(O)C4)cc1. The number of hydrogen-bond acceptors (Lipinski definition) is 6. The van der Waals surface area contributed by atoms with Gasteiger partial charge in [0.25, 0.3) is 0 Å². The fourth-order valence-electron chi connectivity index (χ4n) is 14.9. The van der Waals surface area contributed by atoms with Crippen molar-refractivity contribution < 1.29 is 29.3 Å². The van der Waals surface area contributed by atoms with E-state index in [2.05, 4.69) is 52.0 Å². The standard InChI is InChI=1S/C51H61NO6/c1-46(2)36-14-10-35(40(46)27-36)30-52(45(55)58-39-17-11-32-8-6-7-9-34(32)26-39)31-50(56)23-20-43-48(50,4)22-19-42-47(3)21-18-37(53)28-49(47)24-25-51(42,43)41(29-49)44(54)33-12-15-38(57-5)16-13-33/h6-9,11-13,15-17,24-26,29,35-37,40,42-43,53,56H,10,14,18-23,27-28,30-31H2,1-5H3. The Kier molecular flexibility index (Phi) is 8.60. The Morgan fingerprint density at radius 2 is 1.52 bits per heavy atom. The second-order valence-corrected chi connectivity index (χ2v) is 20.8. The monoisotopic (exact) mass is 783 g/mol. The number of nitrogens with zero attached hydrogens (tertiary/aromatic N) is 1. The van der Waals surface area contributed by atoms with Crippen molar-refractivity contribution in [1.29, 1.82) is 0 Å². The van der Waals surface area contributed by atoms with Gasteiger partial charge in [0.1, 0.15) is 11.5 Å². The van der Waals surface area contributed by atoms with E-state index in [1.807, 2.05) is 65.6 Å². The number of rotatable bonds is 8. The number of aliphatic hydroxyl groups is 2. The van der Waals surface area contributed by atoms with Gasteiger partial charge < -0.3 is 24.6 Å². The molecule has 12 rings (SSSR count). The molecule has 58 heavy (non-hydrogen) atoms. The van der Waals surface area contributed by atoms with Gasteiger partial charge in [-0.15, -0.1) is 0 Å². The first kappa shape index (κ1) is 38.3. The molecule has 11 unspecified atom stereocenters. The number of amides is 1. The third-order valence-corrected chi connectivity index (χ3v) is 18.4. The largest absolute Gasteiger partial charge is 0.497 e. The number of methoxy groups -OCH3 is 1. The molecule has 6 fully saturated rings. The van der Waals surface area contributed by atoms with Crippen LogP contribution in [0.15, 0.2) is 90.5 Å². The lowest BCUT2D eigenvalue weighted by Crippen LogP contribution is -2.67. The molecule has 6 saturated carbocycles. The van der Waals surface area contributed by atoms with Gasteiger partial charge in [-0.25, -0.2) is 4.79 Å². The van der Waals surface area contributed by atoms with Crippen LogP contribution in [0.25, 0.3) is 10.8 Å². The van der Waals surface area contributed by atoms with Crippen LogP contribution in [0.5, 0.6) is 11.5 Å². The molecule has 0 saturated heterocycles. The van der Waals surface area contributed by atoms with E-state index < -0.39 is 34.0 Å². The molecule has 3 aromatic carbocycles. The van der Waals surface area contributed by atoms with Crippen molar-refractivity contribution in [2.45, 2.75) is 104 Å². The fraction of sp³-hybridized carbons (Fsp3) is 0.569. The number of allylic oxidation sites excluding steroid dienone is 4. The van der Waals surface area contributed by atoms with Gasteiger partial charge in [0.15, 0.2) is 5.78 Å². The molecule has 0 aliphatic heterocycles. The van der Waals surface area contributed by atoms with Crippen molar-refractivity contribution in [3.63, 3.8) is 0 Å². The van der Waals surface area contributed by atoms with E-state index in [1.54, 1.807) is 7.11 Å². The minimum Gasteiger partial charge on any atom is -0.497 e. The molecule has 0 radical (unpaired) electrons. The number of benzene rings is 3. The molecule has 2 N–H and O–H groups in total. The Labute approximate surface area is 343 Å². The molecule has 0 heterocycles. The molecule has 9 aliphatic carbocycles. The average molecular weight is 784 g/mol. The van der Waals surface area contributed by atoms with E-state index in [0.717, 1.165) is 60.8 Å². The summed E-state index contributed by atoms with van der Waals surface area (Å²) < 4.78 is 11.7. The van der Waals surface area contributed by atoms with Gasteiger partial charge in [0.2, 0.25) is 0 Å². The zero-order valence-corrected chi connectivity index (χ0v) is 35.0. The number of aliphatic hydroxyl groups excluding tert-OH is 1. The first-order valence-electron chi connectivity index (χ1n) is 22.1. The Hall–Kier alpha value is -3.94. The lowest BCUT2D eigenvalue weighted by molar-refractivity contribution is -0.176. The summed E-state index contributed by atoms with van der Waals surface area (Å²) in [5.74, 6) is 3.04. The predicted octanol–water partition coefficient (Wildman–Crippen LogP) is 10.2. The van der Waals surface area contributed by atoms with Gasteiger partial charge >= 0.3 is 6.09 Å². The van der Waals surface area contributed by atoms with Crippen LogP contribution in [0.1, 0.15) is 102 Å². The van der Waals surface area contributed by atoms with Crippen molar-refractivity contribution in [1.82, 2.24) is 4.90 Å². The van der Waals surface area contributed by atoms with E-state index in [4.69, 9.17) is 9.47 Å². The van der Waals surface area contributed by atoms with Gasteiger partial charge in [0.05, 0.1) is 25.4 Å². The fourth-order valence-corrected chi connectivity index (χ4v) is 14.9. The third-order valence-electron chi connectivity index (χ3n) is 18.4. The van der Waals surface area contributed by atoms with Gasteiger partial charge in [-0.1, -0.05) is 76.3 Å². The molecular formula is C51H61NO6. The maximum absolute atomic E-state index is 15.0. The highest BCUT2D eigenvalue weighted by molar-refractivity contribution is 6.10. The van der Waals surface area contributed by atoms with Gasteiger partial charge in [-0.3, -0.25) is 4.79 Å². The van der Waals surface area contributed by atoms with E-state index in [1.165, 1.54) is 12.8 Å². The second-order valence-electron chi connectivity index (χ2n) is 20.8. The number of fused-ring (bicyclic) bond motifs is 4. The maximum Gasteiger partial charge on any atom is 0.415 e. The van der Waals surface area contributed by atoms with E-state index >= 15 is 4.79 Å². The second kappa shape index (κ2) is 13.0. The van der Waals surface area contributed by atoms with E-state index in [9.17, 15) is 15.0 Å². The Morgan fingerprint density at radius 1 is 0.810 bits per heavy atom. The molecule has 11 atom stereocenters. The lowest BCUT2D eigenvalue weighted by atomic mass is 9.32. The minimum atomic E-state index is -1.19. The number of carbonyl (C=O) groups is 2. The highest BCUT2D eigenvalue weighted by atomic mass is 16.6. The summed E-state index contributed by atoms with van der Waals surface area (Å²) in [5, 5.41) is 26.6. The topological polar surface area (TPSA) is 96.3 Å². The molecule has 1 amide bonds. The summed E-state index contributed by atoms with van der Waals surface area (Å²) in [7, 11) is 1.63. The normalized spacial score (nSPS) is 40.1. The van der Waals surface area contributed by atoms with Crippen LogP contribution >= 0.6 is 0 Å². The highest BCUT2D eigenvalue weighted by Crippen LogP contribution is 2.78. The minimum absolute atomic E-state index is 0.0187. The molecule has 7 nitrogen and oxygen atoms in total. The molecule has 4 bridgehead atoms. The molecule has 306 valence electrons. The predicted molar refractivity (Wildman–Crippen MR) is 226 cm³/mol. The highest BCUT2D eigenvalue weighted by Gasteiger charge is 2.74. The zero-order valence-electron chi connectivity index (χ0n) is 35.0. The van der Waals surface area contributed by atoms with Crippen LogP contribution < -0.4 is 9.47 Å². The smallest absolute Gasteiger partial charge is 0.415 e. The molecular weight excluding hydrogens is 723 g/mol. The quantitative estimate of drug-likeness (QED) is 0.175. The number of ether oxygens (including phenoxy) is 2. The molecule has 2 spiro atoms. The van der Waals surface area contributed by atoms with Crippen LogP contribution in [-0.2, 0) is 0 Å². The summed E-state index contributed by atoms with van der Waals surface area (Å²) in [6.45, 7) is 10.2. The number of Topliss-reactive ketones (excluding diaryl/α,β-unsaturated/α-hetero) is 1. The van der Waals surface area contributed by atoms with Crippen LogP contribution in [0, 0.1) is 56.7 Å².